The van der Waals surface area contributed by atoms with Gasteiger partial charge in [-0.15, -0.1) is 0 Å². The first-order valence-electron chi connectivity index (χ1n) is 8.55. The van der Waals surface area contributed by atoms with Crippen molar-refractivity contribution < 1.29 is 14.1 Å². The first-order chi connectivity index (χ1) is 11.2. The summed E-state index contributed by atoms with van der Waals surface area (Å²) in [5.74, 6) is 1.56. The van der Waals surface area contributed by atoms with E-state index in [0.717, 1.165) is 18.7 Å². The number of carbonyl (C=O) groups excluding carboxylic acids is 2. The van der Waals surface area contributed by atoms with E-state index >= 15 is 0 Å². The molecule has 1 saturated carbocycles. The smallest absolute Gasteiger partial charge is 0.229 e. The summed E-state index contributed by atoms with van der Waals surface area (Å²) in [7, 11) is 0. The molecule has 2 amide bonds. The van der Waals surface area contributed by atoms with E-state index in [1.54, 1.807) is 4.90 Å². The molecular weight excluding hydrogens is 296 g/mol. The maximum absolute atomic E-state index is 12.1. The fourth-order valence-electron chi connectivity index (χ4n) is 3.40. The maximum Gasteiger partial charge on any atom is 0.229 e. The van der Waals surface area contributed by atoms with E-state index in [2.05, 4.69) is 15.5 Å². The van der Waals surface area contributed by atoms with Crippen molar-refractivity contribution in [3.63, 3.8) is 0 Å². The zero-order valence-corrected chi connectivity index (χ0v) is 13.6. The van der Waals surface area contributed by atoms with Gasteiger partial charge >= 0.3 is 0 Å². The second-order valence-corrected chi connectivity index (χ2v) is 6.40. The quantitative estimate of drug-likeness (QED) is 0.852. The van der Waals surface area contributed by atoms with Crippen LogP contribution in [-0.2, 0) is 16.0 Å². The van der Waals surface area contributed by atoms with Gasteiger partial charge in [0.25, 0.3) is 0 Å². The lowest BCUT2D eigenvalue weighted by Gasteiger charge is -2.13. The topological polar surface area (TPSA) is 88.3 Å². The van der Waals surface area contributed by atoms with Crippen LogP contribution in [0.3, 0.4) is 0 Å². The van der Waals surface area contributed by atoms with Crippen LogP contribution in [0.4, 0.5) is 0 Å². The van der Waals surface area contributed by atoms with Crippen LogP contribution in [-0.4, -0.2) is 46.5 Å². The highest BCUT2D eigenvalue weighted by Crippen LogP contribution is 2.32. The van der Waals surface area contributed by atoms with Crippen molar-refractivity contribution in [3.8, 4) is 0 Å². The molecule has 1 aliphatic heterocycles. The molecule has 23 heavy (non-hydrogen) atoms. The van der Waals surface area contributed by atoms with Crippen LogP contribution in [0.1, 0.15) is 56.7 Å². The third kappa shape index (κ3) is 3.71. The first-order valence-corrected chi connectivity index (χ1v) is 8.55. The summed E-state index contributed by atoms with van der Waals surface area (Å²) in [4.78, 5) is 29.9. The van der Waals surface area contributed by atoms with Crippen LogP contribution in [0.25, 0.3) is 0 Å². The number of likely N-dealkylation sites (tertiary alicyclic amines) is 1. The van der Waals surface area contributed by atoms with E-state index in [4.69, 9.17) is 4.52 Å². The van der Waals surface area contributed by atoms with E-state index in [9.17, 15) is 9.59 Å². The lowest BCUT2D eigenvalue weighted by Crippen LogP contribution is -2.34. The average Bonchev–Trinajstić information content (AvgIpc) is 3.27. The normalized spacial score (nSPS) is 22.0. The zero-order chi connectivity index (χ0) is 16.2. The van der Waals surface area contributed by atoms with E-state index in [1.807, 2.05) is 6.92 Å². The Bertz CT molecular complexity index is 565. The number of rotatable bonds is 6. The number of nitrogens with one attached hydrogen (secondary N) is 1. The summed E-state index contributed by atoms with van der Waals surface area (Å²) < 4.78 is 5.32. The summed E-state index contributed by atoms with van der Waals surface area (Å²) >= 11 is 0. The fourth-order valence-corrected chi connectivity index (χ4v) is 3.40. The lowest BCUT2D eigenvalue weighted by molar-refractivity contribution is -0.128. The van der Waals surface area contributed by atoms with Gasteiger partial charge in [-0.25, -0.2) is 0 Å². The number of hydrogen-bond donors (Lipinski definition) is 1. The highest BCUT2D eigenvalue weighted by molar-refractivity contribution is 5.89. The number of aromatic nitrogens is 2. The molecule has 1 N–H and O–H groups in total. The summed E-state index contributed by atoms with van der Waals surface area (Å²) in [6.45, 7) is 3.58. The molecule has 7 nitrogen and oxygen atoms in total. The second-order valence-electron chi connectivity index (χ2n) is 6.40. The van der Waals surface area contributed by atoms with Crippen molar-refractivity contribution in [3.05, 3.63) is 11.7 Å². The Labute approximate surface area is 135 Å². The molecule has 0 aromatic carbocycles. The Morgan fingerprint density at radius 3 is 2.87 bits per heavy atom. The number of hydrogen-bond acceptors (Lipinski definition) is 5. The molecule has 1 aliphatic carbocycles. The van der Waals surface area contributed by atoms with Gasteiger partial charge in [0.05, 0.1) is 5.92 Å². The highest BCUT2D eigenvalue weighted by atomic mass is 16.5. The van der Waals surface area contributed by atoms with Crippen LogP contribution in [0.2, 0.25) is 0 Å². The molecule has 1 aromatic heterocycles. The van der Waals surface area contributed by atoms with E-state index < -0.39 is 0 Å². The van der Waals surface area contributed by atoms with Gasteiger partial charge in [0, 0.05) is 38.4 Å². The van der Waals surface area contributed by atoms with Crippen LogP contribution in [0.15, 0.2) is 4.52 Å². The van der Waals surface area contributed by atoms with E-state index in [-0.39, 0.29) is 17.7 Å². The molecular formula is C16H24N4O3. The predicted molar refractivity (Wildman–Crippen MR) is 82.6 cm³/mol. The predicted octanol–water partition coefficient (Wildman–Crippen LogP) is 1.25. The van der Waals surface area contributed by atoms with E-state index in [0.29, 0.717) is 44.2 Å². The Morgan fingerprint density at radius 2 is 2.17 bits per heavy atom. The molecule has 2 fully saturated rings. The van der Waals surface area contributed by atoms with Crippen molar-refractivity contribution in [2.75, 3.05) is 19.6 Å². The molecule has 1 unspecified atom stereocenters. The second kappa shape index (κ2) is 7.10. The molecule has 7 heteroatoms. The van der Waals surface area contributed by atoms with Gasteiger partial charge < -0.3 is 14.7 Å². The van der Waals surface area contributed by atoms with Gasteiger partial charge in [-0.05, 0) is 19.8 Å². The minimum Gasteiger partial charge on any atom is -0.355 e. The van der Waals surface area contributed by atoms with Crippen LogP contribution in [0.5, 0.6) is 0 Å². The van der Waals surface area contributed by atoms with Gasteiger partial charge in [0.15, 0.2) is 5.82 Å². The summed E-state index contributed by atoms with van der Waals surface area (Å²) in [6, 6.07) is 0. The molecule has 3 rings (SSSR count). The maximum atomic E-state index is 12.1. The van der Waals surface area contributed by atoms with Crippen LogP contribution < -0.4 is 5.32 Å². The molecule has 1 saturated heterocycles. The average molecular weight is 320 g/mol. The first kappa shape index (κ1) is 16.0. The van der Waals surface area contributed by atoms with Gasteiger partial charge in [0.1, 0.15) is 0 Å². The van der Waals surface area contributed by atoms with Crippen molar-refractivity contribution in [1.29, 1.82) is 0 Å². The number of nitrogens with zero attached hydrogens (tertiary/aromatic N) is 3. The summed E-state index contributed by atoms with van der Waals surface area (Å²) in [6.07, 6.45) is 5.58. The molecule has 1 atom stereocenters. The summed E-state index contributed by atoms with van der Waals surface area (Å²) in [5.41, 5.74) is 0. The van der Waals surface area contributed by atoms with Crippen LogP contribution in [0, 0.1) is 5.92 Å². The fraction of sp³-hybridized carbons (Fsp3) is 0.750. The Balaban J connectivity index is 1.42. The molecule has 0 radical (unpaired) electrons. The molecule has 0 spiro atoms. The molecule has 1 aromatic rings. The molecule has 2 aliphatic rings. The van der Waals surface area contributed by atoms with Crippen molar-refractivity contribution in [1.82, 2.24) is 20.4 Å². The van der Waals surface area contributed by atoms with Crippen molar-refractivity contribution >= 4 is 11.8 Å². The largest absolute Gasteiger partial charge is 0.355 e. The highest BCUT2D eigenvalue weighted by Gasteiger charge is 2.33. The summed E-state index contributed by atoms with van der Waals surface area (Å²) in [5, 5.41) is 6.87. The van der Waals surface area contributed by atoms with Crippen molar-refractivity contribution in [2.45, 2.75) is 51.4 Å². The minimum atomic E-state index is -0.234. The number of carbonyl (C=O) groups is 2. The van der Waals surface area contributed by atoms with Crippen LogP contribution >= 0.6 is 0 Å². The van der Waals surface area contributed by atoms with Gasteiger partial charge in [-0.1, -0.05) is 18.0 Å². The Hall–Kier alpha value is -1.92. The third-order valence-corrected chi connectivity index (χ3v) is 4.80. The minimum absolute atomic E-state index is 0.0613. The Kier molecular flexibility index (Phi) is 4.93. The SMILES string of the molecule is CCN1CC(C(=O)NCCc2noc(C3CCCC3)n2)CC1=O. The standard InChI is InChI=1S/C16H24N4O3/c1-2-20-10-12(9-14(20)21)15(22)17-8-7-13-18-16(23-19-13)11-5-3-4-6-11/h11-12H,2-10H2,1H3,(H,17,22). The van der Waals surface area contributed by atoms with Gasteiger partial charge in [-0.3, -0.25) is 9.59 Å². The van der Waals surface area contributed by atoms with E-state index in [1.165, 1.54) is 12.8 Å². The van der Waals surface area contributed by atoms with Crippen molar-refractivity contribution in [2.24, 2.45) is 5.92 Å². The third-order valence-electron chi connectivity index (χ3n) is 4.80. The Morgan fingerprint density at radius 1 is 1.39 bits per heavy atom. The van der Waals surface area contributed by atoms with Gasteiger partial charge in [-0.2, -0.15) is 4.98 Å². The lowest BCUT2D eigenvalue weighted by atomic mass is 10.1. The zero-order valence-electron chi connectivity index (χ0n) is 13.6. The molecule has 0 bridgehead atoms. The molecule has 126 valence electrons. The monoisotopic (exact) mass is 320 g/mol. The van der Waals surface area contributed by atoms with Gasteiger partial charge in [0.2, 0.25) is 17.7 Å². The molecule has 2 heterocycles. The number of amides is 2.